The number of rotatable bonds is 6. The predicted octanol–water partition coefficient (Wildman–Crippen LogP) is 3.14. The van der Waals surface area contributed by atoms with Crippen molar-refractivity contribution >= 4 is 5.69 Å². The fourth-order valence-corrected chi connectivity index (χ4v) is 2.44. The average Bonchev–Trinajstić information content (AvgIpc) is 2.47. The van der Waals surface area contributed by atoms with Crippen LogP contribution >= 0.6 is 0 Å². The van der Waals surface area contributed by atoms with E-state index in [9.17, 15) is 0 Å². The number of nitrogens with zero attached hydrogens (tertiary/aromatic N) is 2. The molecule has 0 aliphatic heterocycles. The summed E-state index contributed by atoms with van der Waals surface area (Å²) < 4.78 is 0. The molecular formula is C17H23N3. The molecule has 2 aromatic rings. The molecule has 1 aromatic heterocycles. The van der Waals surface area contributed by atoms with Crippen LogP contribution in [0.4, 0.5) is 5.69 Å². The van der Waals surface area contributed by atoms with Crippen LogP contribution < -0.4 is 10.2 Å². The lowest BCUT2D eigenvalue weighted by molar-refractivity contribution is 0.799. The van der Waals surface area contributed by atoms with Crippen molar-refractivity contribution in [3.05, 3.63) is 59.4 Å². The van der Waals surface area contributed by atoms with Gasteiger partial charge in [-0.1, -0.05) is 18.2 Å². The largest absolute Gasteiger partial charge is 0.366 e. The van der Waals surface area contributed by atoms with Gasteiger partial charge in [0.1, 0.15) is 0 Å². The van der Waals surface area contributed by atoms with Crippen molar-refractivity contribution in [2.75, 3.05) is 18.5 Å². The first kappa shape index (κ1) is 14.5. The van der Waals surface area contributed by atoms with Gasteiger partial charge in [0.05, 0.1) is 12.2 Å². The zero-order valence-electron chi connectivity index (χ0n) is 12.6. The summed E-state index contributed by atoms with van der Waals surface area (Å²) in [7, 11) is 1.97. The zero-order valence-corrected chi connectivity index (χ0v) is 12.6. The van der Waals surface area contributed by atoms with E-state index in [0.29, 0.717) is 0 Å². The molecule has 0 aliphatic rings. The molecule has 3 heteroatoms. The van der Waals surface area contributed by atoms with E-state index in [1.807, 2.05) is 25.4 Å². The summed E-state index contributed by atoms with van der Waals surface area (Å²) in [4.78, 5) is 6.78. The Hall–Kier alpha value is -1.87. The van der Waals surface area contributed by atoms with Gasteiger partial charge in [-0.3, -0.25) is 4.98 Å². The molecule has 3 nitrogen and oxygen atoms in total. The Kier molecular flexibility index (Phi) is 5.13. The van der Waals surface area contributed by atoms with Gasteiger partial charge in [-0.05, 0) is 50.2 Å². The highest BCUT2D eigenvalue weighted by Crippen LogP contribution is 2.22. The molecule has 0 atom stereocenters. The third kappa shape index (κ3) is 3.58. The Bertz CT molecular complexity index is 537. The normalized spacial score (nSPS) is 10.6. The predicted molar refractivity (Wildman–Crippen MR) is 84.9 cm³/mol. The van der Waals surface area contributed by atoms with Crippen molar-refractivity contribution in [1.29, 1.82) is 0 Å². The van der Waals surface area contributed by atoms with Crippen LogP contribution in [0.1, 0.15) is 23.7 Å². The van der Waals surface area contributed by atoms with Gasteiger partial charge in [0.2, 0.25) is 0 Å². The van der Waals surface area contributed by atoms with Crippen LogP contribution in [0, 0.1) is 6.92 Å². The van der Waals surface area contributed by atoms with Crippen molar-refractivity contribution in [3.63, 3.8) is 0 Å². The van der Waals surface area contributed by atoms with E-state index in [1.165, 1.54) is 16.8 Å². The van der Waals surface area contributed by atoms with Crippen LogP contribution in [0.2, 0.25) is 0 Å². The summed E-state index contributed by atoms with van der Waals surface area (Å²) in [5, 5.41) is 3.19. The number of hydrogen-bond donors (Lipinski definition) is 1. The lowest BCUT2D eigenvalue weighted by Crippen LogP contribution is -2.23. The minimum atomic E-state index is 0.851. The van der Waals surface area contributed by atoms with Crippen LogP contribution in [0.5, 0.6) is 0 Å². The lowest BCUT2D eigenvalue weighted by Gasteiger charge is -2.25. The van der Waals surface area contributed by atoms with Gasteiger partial charge in [0.15, 0.2) is 0 Å². The Balaban J connectivity index is 2.19. The maximum atomic E-state index is 4.42. The molecule has 2 rings (SSSR count). The monoisotopic (exact) mass is 269 g/mol. The van der Waals surface area contributed by atoms with E-state index >= 15 is 0 Å². The van der Waals surface area contributed by atoms with Crippen LogP contribution in [0.15, 0.2) is 42.6 Å². The molecule has 20 heavy (non-hydrogen) atoms. The highest BCUT2D eigenvalue weighted by Gasteiger charge is 2.09. The summed E-state index contributed by atoms with van der Waals surface area (Å²) in [6.07, 6.45) is 1.85. The number of anilines is 1. The molecule has 0 bridgehead atoms. The van der Waals surface area contributed by atoms with Gasteiger partial charge in [-0.2, -0.15) is 0 Å². The van der Waals surface area contributed by atoms with Gasteiger partial charge in [0.25, 0.3) is 0 Å². The molecule has 0 fully saturated rings. The lowest BCUT2D eigenvalue weighted by atomic mass is 10.1. The van der Waals surface area contributed by atoms with E-state index in [-0.39, 0.29) is 0 Å². The van der Waals surface area contributed by atoms with Crippen LogP contribution in [0.25, 0.3) is 0 Å². The topological polar surface area (TPSA) is 28.2 Å². The Morgan fingerprint density at radius 2 is 2.05 bits per heavy atom. The molecule has 1 heterocycles. The Morgan fingerprint density at radius 1 is 1.20 bits per heavy atom. The van der Waals surface area contributed by atoms with Crippen LogP contribution in [-0.4, -0.2) is 18.6 Å². The van der Waals surface area contributed by atoms with E-state index in [4.69, 9.17) is 0 Å². The van der Waals surface area contributed by atoms with Crippen molar-refractivity contribution in [1.82, 2.24) is 10.3 Å². The Labute approximate surface area is 121 Å². The number of nitrogens with one attached hydrogen (secondary N) is 1. The van der Waals surface area contributed by atoms with Gasteiger partial charge in [-0.25, -0.2) is 0 Å². The summed E-state index contributed by atoms with van der Waals surface area (Å²) >= 11 is 0. The molecule has 0 radical (unpaired) electrons. The summed E-state index contributed by atoms with van der Waals surface area (Å²) in [5.74, 6) is 0. The first-order chi connectivity index (χ1) is 9.74. The summed E-state index contributed by atoms with van der Waals surface area (Å²) in [5.41, 5.74) is 5.03. The zero-order chi connectivity index (χ0) is 14.4. The number of benzene rings is 1. The minimum absolute atomic E-state index is 0.851. The van der Waals surface area contributed by atoms with E-state index in [2.05, 4.69) is 53.3 Å². The van der Waals surface area contributed by atoms with Crippen molar-refractivity contribution in [2.24, 2.45) is 0 Å². The van der Waals surface area contributed by atoms with Gasteiger partial charge in [-0.15, -0.1) is 0 Å². The standard InChI is InChI=1S/C17H23N3/c1-4-20(13-16-7-5-6-10-19-16)17-9-8-15(12-18-3)11-14(17)2/h5-11,18H,4,12-13H2,1-3H3. The second-order valence-electron chi connectivity index (χ2n) is 4.99. The molecule has 0 amide bonds. The molecule has 0 unspecified atom stereocenters. The number of hydrogen-bond acceptors (Lipinski definition) is 3. The molecular weight excluding hydrogens is 246 g/mol. The molecule has 0 saturated heterocycles. The van der Waals surface area contributed by atoms with Crippen LogP contribution in [0.3, 0.4) is 0 Å². The molecule has 0 aliphatic carbocycles. The fourth-order valence-electron chi connectivity index (χ4n) is 2.44. The maximum Gasteiger partial charge on any atom is 0.0601 e. The minimum Gasteiger partial charge on any atom is -0.366 e. The molecule has 0 spiro atoms. The molecule has 106 valence electrons. The molecule has 0 saturated carbocycles. The van der Waals surface area contributed by atoms with E-state index in [1.54, 1.807) is 0 Å². The first-order valence-electron chi connectivity index (χ1n) is 7.13. The fraction of sp³-hybridized carbons (Fsp3) is 0.353. The number of pyridine rings is 1. The van der Waals surface area contributed by atoms with E-state index in [0.717, 1.165) is 25.3 Å². The summed E-state index contributed by atoms with van der Waals surface area (Å²) in [6, 6.07) is 12.7. The average molecular weight is 269 g/mol. The quantitative estimate of drug-likeness (QED) is 0.873. The molecule has 1 N–H and O–H groups in total. The second-order valence-corrected chi connectivity index (χ2v) is 4.99. The van der Waals surface area contributed by atoms with Crippen molar-refractivity contribution in [3.8, 4) is 0 Å². The number of aromatic nitrogens is 1. The smallest absolute Gasteiger partial charge is 0.0601 e. The SMILES string of the molecule is CCN(Cc1ccccn1)c1ccc(CNC)cc1C. The summed E-state index contributed by atoms with van der Waals surface area (Å²) in [6.45, 7) is 7.10. The van der Waals surface area contributed by atoms with Gasteiger partial charge in [0, 0.05) is 25.0 Å². The van der Waals surface area contributed by atoms with Gasteiger partial charge >= 0.3 is 0 Å². The third-order valence-corrected chi connectivity index (χ3v) is 3.44. The van der Waals surface area contributed by atoms with Crippen molar-refractivity contribution < 1.29 is 0 Å². The second kappa shape index (κ2) is 7.06. The highest BCUT2D eigenvalue weighted by molar-refractivity contribution is 5.54. The van der Waals surface area contributed by atoms with Crippen LogP contribution in [-0.2, 0) is 13.1 Å². The first-order valence-corrected chi connectivity index (χ1v) is 7.13. The third-order valence-electron chi connectivity index (χ3n) is 3.44. The van der Waals surface area contributed by atoms with E-state index < -0.39 is 0 Å². The van der Waals surface area contributed by atoms with Crippen molar-refractivity contribution in [2.45, 2.75) is 26.9 Å². The van der Waals surface area contributed by atoms with Gasteiger partial charge < -0.3 is 10.2 Å². The highest BCUT2D eigenvalue weighted by atomic mass is 15.1. The number of aryl methyl sites for hydroxylation is 1. The Morgan fingerprint density at radius 3 is 2.65 bits per heavy atom. The molecule has 1 aromatic carbocycles. The maximum absolute atomic E-state index is 4.42.